The minimum atomic E-state index is 0.126. The first-order valence-corrected chi connectivity index (χ1v) is 7.39. The van der Waals surface area contributed by atoms with E-state index in [1.807, 2.05) is 0 Å². The van der Waals surface area contributed by atoms with E-state index in [2.05, 4.69) is 15.0 Å². The molecule has 2 aromatic heterocycles. The number of anilines is 1. The van der Waals surface area contributed by atoms with Crippen molar-refractivity contribution < 1.29 is 5.11 Å². The van der Waals surface area contributed by atoms with Gasteiger partial charge in [0.25, 0.3) is 0 Å². The van der Waals surface area contributed by atoms with Crippen LogP contribution in [0.2, 0.25) is 10.3 Å². The summed E-state index contributed by atoms with van der Waals surface area (Å²) < 4.78 is 0. The topological polar surface area (TPSA) is 62.1 Å². The van der Waals surface area contributed by atoms with Crippen molar-refractivity contribution in [3.63, 3.8) is 0 Å². The molecule has 3 rings (SSSR count). The molecule has 0 saturated heterocycles. The van der Waals surface area contributed by atoms with E-state index in [-0.39, 0.29) is 11.0 Å². The Hall–Kier alpha value is -1.89. The van der Waals surface area contributed by atoms with Gasteiger partial charge in [-0.15, -0.1) is 0 Å². The second-order valence-electron chi connectivity index (χ2n) is 4.00. The van der Waals surface area contributed by atoms with Crippen molar-refractivity contribution in [1.29, 1.82) is 0 Å². The number of allylic oxidation sites excluding steroid dienone is 3. The third-order valence-corrected chi connectivity index (χ3v) is 4.03. The zero-order chi connectivity index (χ0) is 14.8. The van der Waals surface area contributed by atoms with Crippen molar-refractivity contribution in [1.82, 2.24) is 15.0 Å². The predicted molar refractivity (Wildman–Crippen MR) is 84.6 cm³/mol. The summed E-state index contributed by atoms with van der Waals surface area (Å²) in [7, 11) is 0. The molecule has 0 saturated carbocycles. The molecule has 0 fully saturated rings. The van der Waals surface area contributed by atoms with Gasteiger partial charge in [0.05, 0.1) is 22.3 Å². The molecule has 0 spiro atoms. The van der Waals surface area contributed by atoms with Crippen LogP contribution in [-0.4, -0.2) is 20.1 Å². The average molecular weight is 339 g/mol. The largest absolute Gasteiger partial charge is 0.506 e. The highest BCUT2D eigenvalue weighted by Gasteiger charge is 2.14. The van der Waals surface area contributed by atoms with Gasteiger partial charge in [-0.25, -0.2) is 15.0 Å². The lowest BCUT2D eigenvalue weighted by atomic mass is 10.4. The van der Waals surface area contributed by atoms with E-state index in [9.17, 15) is 5.11 Å². The lowest BCUT2D eigenvalue weighted by molar-refractivity contribution is 0.431. The van der Waals surface area contributed by atoms with Crippen LogP contribution in [0.15, 0.2) is 48.8 Å². The monoisotopic (exact) mass is 338 g/mol. The number of rotatable bonds is 2. The number of aliphatic hydroxyl groups excluding tert-OH is 1. The summed E-state index contributed by atoms with van der Waals surface area (Å²) >= 11 is 13.2. The van der Waals surface area contributed by atoms with E-state index < -0.39 is 0 Å². The van der Waals surface area contributed by atoms with Gasteiger partial charge in [-0.05, 0) is 23.8 Å². The number of aromatic nitrogens is 3. The quantitative estimate of drug-likeness (QED) is 0.831. The van der Waals surface area contributed by atoms with Crippen molar-refractivity contribution in [2.45, 2.75) is 0 Å². The fourth-order valence-corrected chi connectivity index (χ4v) is 2.92. The van der Waals surface area contributed by atoms with Gasteiger partial charge in [-0.3, -0.25) is 4.90 Å². The fraction of sp³-hybridized carbons (Fsp3) is 0. The molecule has 0 amide bonds. The molecule has 8 heteroatoms. The van der Waals surface area contributed by atoms with E-state index in [1.54, 1.807) is 41.7 Å². The summed E-state index contributed by atoms with van der Waals surface area (Å²) in [5, 5.41) is 10.8. The first-order chi connectivity index (χ1) is 10.1. The smallest absolute Gasteiger partial charge is 0.223 e. The molecule has 1 aliphatic rings. The first kappa shape index (κ1) is 14.1. The van der Waals surface area contributed by atoms with Gasteiger partial charge in [0.15, 0.2) is 5.13 Å². The fourth-order valence-electron chi connectivity index (χ4n) is 1.66. The number of halogens is 2. The lowest BCUT2D eigenvalue weighted by Crippen LogP contribution is -2.06. The highest BCUT2D eigenvalue weighted by atomic mass is 35.5. The van der Waals surface area contributed by atoms with E-state index in [4.69, 9.17) is 23.2 Å². The number of thiazole rings is 1. The molecule has 0 aliphatic carbocycles. The van der Waals surface area contributed by atoms with Gasteiger partial charge in [0.1, 0.15) is 11.5 Å². The number of hydrogen-bond donors (Lipinski definition) is 1. The van der Waals surface area contributed by atoms with Crippen LogP contribution in [0.1, 0.15) is 0 Å². The molecule has 0 radical (unpaired) electrons. The molecule has 1 aliphatic heterocycles. The minimum Gasteiger partial charge on any atom is -0.506 e. The van der Waals surface area contributed by atoms with Crippen LogP contribution in [0.4, 0.5) is 5.13 Å². The van der Waals surface area contributed by atoms with Crippen molar-refractivity contribution >= 4 is 39.7 Å². The Morgan fingerprint density at radius 1 is 1.14 bits per heavy atom. The number of nitrogens with zero attached hydrogens (tertiary/aromatic N) is 4. The van der Waals surface area contributed by atoms with Crippen LogP contribution in [0.5, 0.6) is 0 Å². The number of aliphatic hydroxyl groups is 1. The highest BCUT2D eigenvalue weighted by Crippen LogP contribution is 2.34. The Morgan fingerprint density at radius 3 is 2.86 bits per heavy atom. The minimum absolute atomic E-state index is 0.126. The molecule has 0 atom stereocenters. The Bertz CT molecular complexity index is 769. The Balaban J connectivity index is 1.97. The van der Waals surface area contributed by atoms with Gasteiger partial charge in [0.2, 0.25) is 5.28 Å². The van der Waals surface area contributed by atoms with Crippen LogP contribution in [0.3, 0.4) is 0 Å². The van der Waals surface area contributed by atoms with E-state index in [0.717, 1.165) is 4.88 Å². The maximum Gasteiger partial charge on any atom is 0.223 e. The van der Waals surface area contributed by atoms with E-state index in [0.29, 0.717) is 15.8 Å². The molecule has 1 N–H and O–H groups in total. The van der Waals surface area contributed by atoms with Crippen LogP contribution < -0.4 is 4.90 Å². The van der Waals surface area contributed by atoms with Gasteiger partial charge in [-0.1, -0.05) is 29.0 Å². The number of hydrogen-bond acceptors (Lipinski definition) is 6. The lowest BCUT2D eigenvalue weighted by Gasteiger charge is -2.10. The predicted octanol–water partition coefficient (Wildman–Crippen LogP) is 4.20. The summed E-state index contributed by atoms with van der Waals surface area (Å²) in [6.07, 6.45) is 11.6. The van der Waals surface area contributed by atoms with Crippen molar-refractivity contribution in [2.24, 2.45) is 0 Å². The van der Waals surface area contributed by atoms with E-state index >= 15 is 0 Å². The van der Waals surface area contributed by atoms with Gasteiger partial charge in [0, 0.05) is 12.4 Å². The van der Waals surface area contributed by atoms with Crippen molar-refractivity contribution in [3.8, 4) is 10.6 Å². The Labute approximate surface area is 134 Å². The van der Waals surface area contributed by atoms with Crippen LogP contribution in [0, 0.1) is 0 Å². The Morgan fingerprint density at radius 2 is 2.00 bits per heavy atom. The third kappa shape index (κ3) is 3.07. The highest BCUT2D eigenvalue weighted by molar-refractivity contribution is 7.19. The molecular formula is C13H8Cl2N4OS. The molecule has 0 unspecified atom stereocenters. The molecule has 3 heterocycles. The second-order valence-corrected chi connectivity index (χ2v) is 5.76. The average Bonchev–Trinajstić information content (AvgIpc) is 2.84. The van der Waals surface area contributed by atoms with Gasteiger partial charge >= 0.3 is 0 Å². The van der Waals surface area contributed by atoms with Crippen molar-refractivity contribution in [2.75, 3.05) is 4.90 Å². The molecule has 0 bridgehead atoms. The zero-order valence-electron chi connectivity index (χ0n) is 10.4. The first-order valence-electron chi connectivity index (χ1n) is 5.82. The summed E-state index contributed by atoms with van der Waals surface area (Å²) in [5.74, 6) is 0.139. The van der Waals surface area contributed by atoms with Crippen LogP contribution in [-0.2, 0) is 0 Å². The summed E-state index contributed by atoms with van der Waals surface area (Å²) in [5.41, 5.74) is 0.533. The van der Waals surface area contributed by atoms with Gasteiger partial charge < -0.3 is 5.11 Å². The maximum absolute atomic E-state index is 9.64. The summed E-state index contributed by atoms with van der Waals surface area (Å²) in [6.45, 7) is 0. The summed E-state index contributed by atoms with van der Waals surface area (Å²) in [4.78, 5) is 14.7. The van der Waals surface area contributed by atoms with Crippen LogP contribution >= 0.6 is 34.5 Å². The summed E-state index contributed by atoms with van der Waals surface area (Å²) in [6, 6.07) is 0. The van der Waals surface area contributed by atoms with E-state index in [1.165, 1.54) is 17.5 Å². The second kappa shape index (κ2) is 5.85. The molecule has 5 nitrogen and oxygen atoms in total. The van der Waals surface area contributed by atoms with Gasteiger partial charge in [-0.2, -0.15) is 0 Å². The Kier molecular flexibility index (Phi) is 3.92. The zero-order valence-corrected chi connectivity index (χ0v) is 12.8. The third-order valence-electron chi connectivity index (χ3n) is 2.56. The molecular weight excluding hydrogens is 331 g/mol. The molecule has 106 valence electrons. The van der Waals surface area contributed by atoms with Crippen LogP contribution in [0.25, 0.3) is 10.6 Å². The van der Waals surface area contributed by atoms with Crippen molar-refractivity contribution in [3.05, 3.63) is 59.1 Å². The molecule has 21 heavy (non-hydrogen) atoms. The standard InChI is InChI=1S/C13H8Cl2N4OS/c14-9-5-16-12(15)18-11(9)10-6-17-13(21-10)19-4-2-1-3-8(20)7-19/h1-7,20H. The normalized spacial score (nSPS) is 14.2. The maximum atomic E-state index is 9.64. The SMILES string of the molecule is OC1=CN(c2ncc(-c3nc(Cl)ncc3Cl)s2)C=CC=C1. The molecule has 2 aromatic rings. The molecule has 0 aromatic carbocycles.